The average molecular weight is 1400 g/mol. The van der Waals surface area contributed by atoms with Gasteiger partial charge in [-0.05, 0) is 213 Å². The molecule has 1 aromatic heterocycles. The van der Waals surface area contributed by atoms with Crippen LogP contribution in [0.5, 0.6) is 11.5 Å². The molecule has 0 radical (unpaired) electrons. The molecule has 5 aliphatic rings. The molecule has 6 atom stereocenters. The highest BCUT2D eigenvalue weighted by Crippen LogP contribution is 2.84. The summed E-state index contributed by atoms with van der Waals surface area (Å²) in [6, 6.07) is 13.0. The van der Waals surface area contributed by atoms with Gasteiger partial charge < -0.3 is 58.3 Å². The Bertz CT molecular complexity index is 3280. The van der Waals surface area contributed by atoms with Gasteiger partial charge in [0.2, 0.25) is 5.91 Å². The Morgan fingerprint density at radius 1 is 0.620 bits per heavy atom. The molecule has 25 nitrogen and oxygen atoms in total. The fourth-order valence-electron chi connectivity index (χ4n) is 15.5. The van der Waals surface area contributed by atoms with Gasteiger partial charge in [-0.2, -0.15) is 5.10 Å². The third-order valence-corrected chi connectivity index (χ3v) is 19.4. The predicted octanol–water partition coefficient (Wildman–Crippen LogP) is 7.24. The van der Waals surface area contributed by atoms with Gasteiger partial charge in [-0.3, -0.25) is 48.4 Å². The number of hydrogen-bond donors (Lipinski definition) is 2. The number of carbonyl (C=O) groups excluding carboxylic acids is 7. The molecule has 4 saturated carbocycles. The highest BCUT2D eigenvalue weighted by atomic mass is 16.6. The number of nitrogens with zero attached hydrogens (tertiary/aromatic N) is 8. The molecular formula is C75H116N10O15. The molecule has 100 heavy (non-hydrogen) atoms. The monoisotopic (exact) mass is 1400 g/mol. The molecule has 2 aromatic carbocycles. The van der Waals surface area contributed by atoms with E-state index in [1.54, 1.807) is 29.9 Å². The Morgan fingerprint density at radius 3 is 1.62 bits per heavy atom. The lowest BCUT2D eigenvalue weighted by atomic mass is 9.31. The van der Waals surface area contributed by atoms with Crippen molar-refractivity contribution in [2.45, 2.75) is 163 Å². The molecule has 1 aliphatic heterocycles. The Morgan fingerprint density at radius 2 is 1.13 bits per heavy atom. The predicted molar refractivity (Wildman–Crippen MR) is 381 cm³/mol. The standard InChI is InChI=1S/C75H116N10O15/c1-50(2)54-42-53(23-24-56(54)85-57(67-58(93-17)21-19-22-59(67)94-18)43-55(78-85)68(91)77-75(69(92)100-73(12,13)14)60-40-51-39-52-41-61(75)74(52,60)44-51)84(27-20-26-79(15)16)63(87)49-96-38-37-95-36-25-76-62(86)45-80-28-30-81(46-64(88)97-70(3,4)5)32-34-83(48-66(90)99-72(9,10)11)35-33-82(31-29-80)47-65(89)98-71(6,7)8/h19,21-24,42-43,50-52,60-61H,20,25-41,44-49H2,1-18H3,(H,76,86)(H,77,91). The minimum Gasteiger partial charge on any atom is -0.496 e. The number of nitrogens with one attached hydrogen (secondary N) is 2. The van der Waals surface area contributed by atoms with Crippen molar-refractivity contribution < 1.29 is 71.5 Å². The zero-order valence-electron chi connectivity index (χ0n) is 63.1. The van der Waals surface area contributed by atoms with Crippen LogP contribution in [-0.4, -0.2) is 257 Å². The third-order valence-electron chi connectivity index (χ3n) is 19.4. The minimum absolute atomic E-state index is 0.00672. The summed E-state index contributed by atoms with van der Waals surface area (Å²) >= 11 is 0. The number of hydrogen-bond acceptors (Lipinski definition) is 21. The lowest BCUT2D eigenvalue weighted by Crippen LogP contribution is -2.84. The van der Waals surface area contributed by atoms with Crippen LogP contribution >= 0.6 is 0 Å². The first-order valence-electron chi connectivity index (χ1n) is 35.9. The van der Waals surface area contributed by atoms with Crippen LogP contribution in [0.4, 0.5) is 5.69 Å². The fraction of sp³-hybridized carbons (Fsp3) is 0.707. The Balaban J connectivity index is 0.916. The molecule has 4 aliphatic carbocycles. The number of aromatic nitrogens is 2. The van der Waals surface area contributed by atoms with Gasteiger partial charge in [0, 0.05) is 71.1 Å². The van der Waals surface area contributed by atoms with E-state index in [2.05, 4.69) is 29.4 Å². The zero-order chi connectivity index (χ0) is 73.3. The normalized spacial score (nSPS) is 22.4. The molecule has 3 amide bonds. The van der Waals surface area contributed by atoms with Crippen molar-refractivity contribution >= 4 is 47.3 Å². The van der Waals surface area contributed by atoms with E-state index in [0.717, 1.165) is 31.4 Å². The molecular weight excluding hydrogens is 1280 g/mol. The van der Waals surface area contributed by atoms with Gasteiger partial charge in [0.25, 0.3) is 11.8 Å². The molecule has 6 unspecified atom stereocenters. The number of methoxy groups -OCH3 is 2. The number of ether oxygens (including phenoxy) is 8. The van der Waals surface area contributed by atoms with Crippen molar-refractivity contribution in [3.8, 4) is 28.4 Å². The highest BCUT2D eigenvalue weighted by Gasteiger charge is 2.86. The minimum atomic E-state index is -1.17. The van der Waals surface area contributed by atoms with Gasteiger partial charge in [-0.25, -0.2) is 9.48 Å². The van der Waals surface area contributed by atoms with E-state index in [-0.39, 0.29) is 124 Å². The maximum atomic E-state index is 15.1. The number of amides is 3. The highest BCUT2D eigenvalue weighted by molar-refractivity contribution is 6.00. The van der Waals surface area contributed by atoms with Crippen LogP contribution in [0.25, 0.3) is 16.9 Å². The lowest BCUT2D eigenvalue weighted by molar-refractivity contribution is -0.259. The number of benzene rings is 2. The van der Waals surface area contributed by atoms with Crippen molar-refractivity contribution in [2.24, 2.45) is 29.1 Å². The van der Waals surface area contributed by atoms with E-state index >= 15 is 4.79 Å². The SMILES string of the molecule is COc1cccc(OC)c1-c1cc(C(=O)NC2(C(=O)OC(C)(C)C)C3CC4CC5CC2C53C4)nn1-c1ccc(N(CCCN(C)C)C(=O)COCCOCCNC(=O)CN2CCN(CC(=O)OC(C)(C)C)CCN(CC(=O)OC(C)(C)C)CCN(CC(=O)OC(C)(C)C)CC2)cc1C(C)C. The van der Waals surface area contributed by atoms with Crippen molar-refractivity contribution in [1.82, 2.24) is 44.9 Å². The second kappa shape index (κ2) is 33.1. The van der Waals surface area contributed by atoms with Gasteiger partial charge in [-0.15, -0.1) is 0 Å². The summed E-state index contributed by atoms with van der Waals surface area (Å²) < 4.78 is 48.8. The molecule has 2 bridgehead atoms. The van der Waals surface area contributed by atoms with Crippen LogP contribution in [0.3, 0.4) is 0 Å². The number of carbonyl (C=O) groups is 7. The summed E-state index contributed by atoms with van der Waals surface area (Å²) in [5.41, 5.74) is -0.543. The molecule has 8 rings (SSSR count). The quantitative estimate of drug-likeness (QED) is 0.0394. The summed E-state index contributed by atoms with van der Waals surface area (Å²) in [5.74, 6) is -0.498. The molecule has 2 N–H and O–H groups in total. The van der Waals surface area contributed by atoms with Crippen molar-refractivity contribution in [2.75, 3.05) is 158 Å². The fourth-order valence-corrected chi connectivity index (χ4v) is 15.5. The number of esters is 4. The summed E-state index contributed by atoms with van der Waals surface area (Å²) in [4.78, 5) is 109. The molecule has 556 valence electrons. The van der Waals surface area contributed by atoms with Gasteiger partial charge in [0.05, 0.1) is 77.2 Å². The summed E-state index contributed by atoms with van der Waals surface area (Å²) in [6.07, 6.45) is 4.72. The van der Waals surface area contributed by atoms with Crippen LogP contribution < -0.4 is 25.0 Å². The summed E-state index contributed by atoms with van der Waals surface area (Å²) in [7, 11) is 7.14. The zero-order valence-corrected chi connectivity index (χ0v) is 63.1. The maximum absolute atomic E-state index is 15.1. The molecule has 1 spiro atoms. The Kier molecular flexibility index (Phi) is 26.2. The first-order valence-corrected chi connectivity index (χ1v) is 35.9. The van der Waals surface area contributed by atoms with Crippen LogP contribution in [-0.2, 0) is 57.2 Å². The van der Waals surface area contributed by atoms with E-state index in [0.29, 0.717) is 111 Å². The lowest BCUT2D eigenvalue weighted by Gasteiger charge is -2.74. The van der Waals surface area contributed by atoms with Crippen LogP contribution in [0, 0.1) is 29.1 Å². The number of anilines is 1. The van der Waals surface area contributed by atoms with Gasteiger partial charge in [0.15, 0.2) is 5.69 Å². The van der Waals surface area contributed by atoms with Crippen LogP contribution in [0.2, 0.25) is 0 Å². The summed E-state index contributed by atoms with van der Waals surface area (Å²) in [5, 5.41) is 11.4. The topological polar surface area (TPSA) is 255 Å². The smallest absolute Gasteiger partial charge is 0.333 e. The van der Waals surface area contributed by atoms with E-state index in [1.807, 2.05) is 153 Å². The molecule has 3 aromatic rings. The van der Waals surface area contributed by atoms with Gasteiger partial charge in [0.1, 0.15) is 46.0 Å². The number of rotatable bonds is 29. The number of fused-ring (bicyclic) bond motifs is 1. The molecule has 25 heteroatoms. The van der Waals surface area contributed by atoms with Crippen molar-refractivity contribution in [3.05, 3.63) is 53.7 Å². The summed E-state index contributed by atoms with van der Waals surface area (Å²) in [6.45, 7) is 31.0. The Hall–Kier alpha value is -6.74. The molecule has 5 fully saturated rings. The maximum Gasteiger partial charge on any atom is 0.333 e. The Labute approximate surface area is 593 Å². The second-order valence-electron chi connectivity index (χ2n) is 32.4. The van der Waals surface area contributed by atoms with Crippen LogP contribution in [0.1, 0.15) is 151 Å². The van der Waals surface area contributed by atoms with E-state index in [9.17, 15) is 28.8 Å². The van der Waals surface area contributed by atoms with Gasteiger partial charge >= 0.3 is 23.9 Å². The first-order chi connectivity index (χ1) is 46.9. The average Bonchev–Trinajstić information content (AvgIpc) is 1.40. The first kappa shape index (κ1) is 79.0. The van der Waals surface area contributed by atoms with E-state index in [1.165, 1.54) is 6.42 Å². The van der Waals surface area contributed by atoms with Gasteiger partial charge in [-0.1, -0.05) is 19.9 Å². The molecule has 1 saturated heterocycles. The second-order valence-corrected chi connectivity index (χ2v) is 32.4. The molecule has 2 heterocycles. The van der Waals surface area contributed by atoms with Crippen molar-refractivity contribution in [3.63, 3.8) is 0 Å². The van der Waals surface area contributed by atoms with E-state index in [4.69, 9.17) is 43.0 Å². The third kappa shape index (κ3) is 20.3. The largest absolute Gasteiger partial charge is 0.496 e. The van der Waals surface area contributed by atoms with Crippen molar-refractivity contribution in [1.29, 1.82) is 0 Å². The van der Waals surface area contributed by atoms with E-state index < -0.39 is 33.9 Å². The van der Waals surface area contributed by atoms with Crippen LogP contribution in [0.15, 0.2) is 42.5 Å².